The third-order valence-electron chi connectivity index (χ3n) is 4.10. The molecule has 3 rings (SSSR count). The molecule has 7 heteroatoms. The van der Waals surface area contributed by atoms with Crippen molar-refractivity contribution in [1.29, 1.82) is 0 Å². The summed E-state index contributed by atoms with van der Waals surface area (Å²) in [5.74, 6) is -0.0292. The molecule has 2 aromatic rings. The molecular weight excluding hydrogens is 346 g/mol. The topological polar surface area (TPSA) is 74.2 Å². The van der Waals surface area contributed by atoms with Crippen molar-refractivity contribution in [3.63, 3.8) is 0 Å². The Kier molecular flexibility index (Phi) is 6.74. The van der Waals surface area contributed by atoms with Gasteiger partial charge in [-0.3, -0.25) is 4.79 Å². The molecule has 24 heavy (non-hydrogen) atoms. The Morgan fingerprint density at radius 3 is 2.75 bits per heavy atom. The van der Waals surface area contributed by atoms with Crippen LogP contribution in [-0.2, 0) is 11.2 Å². The van der Waals surface area contributed by atoms with Crippen molar-refractivity contribution in [2.45, 2.75) is 31.9 Å². The number of aliphatic hydroxyl groups excluding tert-OH is 1. The molecule has 1 saturated heterocycles. The van der Waals surface area contributed by atoms with Crippen molar-refractivity contribution in [3.8, 4) is 10.4 Å². The van der Waals surface area contributed by atoms with Crippen LogP contribution in [0.5, 0.6) is 0 Å². The fraction of sp³-hybridized carbons (Fsp3) is 0.412. The zero-order valence-electron chi connectivity index (χ0n) is 13.5. The van der Waals surface area contributed by atoms with E-state index in [9.17, 15) is 9.90 Å². The molecule has 0 saturated carbocycles. The minimum atomic E-state index is -0.409. The highest BCUT2D eigenvalue weighted by atomic mass is 35.5. The highest BCUT2D eigenvalue weighted by Crippen LogP contribution is 2.27. The molecule has 1 aromatic heterocycles. The van der Waals surface area contributed by atoms with Crippen molar-refractivity contribution in [1.82, 2.24) is 15.6 Å². The maximum atomic E-state index is 11.9. The Bertz CT molecular complexity index is 675. The van der Waals surface area contributed by atoms with Crippen LogP contribution in [0.25, 0.3) is 10.4 Å². The number of aryl methyl sites for hydroxylation is 1. The number of aliphatic hydroxyl groups is 1. The summed E-state index contributed by atoms with van der Waals surface area (Å²) < 4.78 is 0. The number of β-amino-alcohol motifs (C(OH)–C–C–N with tert-alkyl or cyclic N) is 1. The zero-order chi connectivity index (χ0) is 16.2. The maximum absolute atomic E-state index is 11.9. The third kappa shape index (κ3) is 4.54. The van der Waals surface area contributed by atoms with Crippen LogP contribution in [0.4, 0.5) is 0 Å². The molecule has 0 aliphatic carbocycles. The Hall–Kier alpha value is -1.47. The second-order valence-corrected chi connectivity index (χ2v) is 6.71. The van der Waals surface area contributed by atoms with E-state index in [1.165, 1.54) is 16.0 Å². The van der Waals surface area contributed by atoms with Crippen molar-refractivity contribution >= 4 is 29.7 Å². The Morgan fingerprint density at radius 1 is 1.42 bits per heavy atom. The molecule has 2 atom stereocenters. The van der Waals surface area contributed by atoms with Crippen LogP contribution in [0.1, 0.15) is 17.7 Å². The Labute approximate surface area is 151 Å². The van der Waals surface area contributed by atoms with Crippen molar-refractivity contribution in [3.05, 3.63) is 41.0 Å². The Morgan fingerprint density at radius 2 is 2.17 bits per heavy atom. The van der Waals surface area contributed by atoms with E-state index < -0.39 is 6.10 Å². The number of benzene rings is 1. The lowest BCUT2D eigenvalue weighted by atomic mass is 10.1. The standard InChI is InChI=1S/C17H21N3O2S.ClH/c1-11-16(23-10-20-11)13-4-2-12(3-5-13)6-7-18-17(22)15-8-14(21)9-19-15;/h2-5,10,14-15,19,21H,6-9H2,1H3,(H,18,22);1H/t14-,15+;/m1./s1. The predicted octanol–water partition coefficient (Wildman–Crippen LogP) is 1.92. The van der Waals surface area contributed by atoms with Crippen molar-refractivity contribution in [2.24, 2.45) is 0 Å². The molecule has 1 aromatic carbocycles. The lowest BCUT2D eigenvalue weighted by molar-refractivity contribution is -0.122. The summed E-state index contributed by atoms with van der Waals surface area (Å²) in [6.07, 6.45) is 0.881. The van der Waals surface area contributed by atoms with E-state index >= 15 is 0 Å². The average molecular weight is 368 g/mol. The van der Waals surface area contributed by atoms with E-state index in [0.29, 0.717) is 19.5 Å². The molecule has 1 fully saturated rings. The molecule has 2 heterocycles. The van der Waals surface area contributed by atoms with Crippen LogP contribution in [0.15, 0.2) is 29.8 Å². The number of thiazole rings is 1. The first kappa shape index (κ1) is 18.9. The fourth-order valence-electron chi connectivity index (χ4n) is 2.77. The van der Waals surface area contributed by atoms with E-state index in [1.807, 2.05) is 12.4 Å². The highest BCUT2D eigenvalue weighted by molar-refractivity contribution is 7.13. The van der Waals surface area contributed by atoms with Gasteiger partial charge in [0, 0.05) is 13.1 Å². The molecule has 1 amide bonds. The molecule has 0 bridgehead atoms. The summed E-state index contributed by atoms with van der Waals surface area (Å²) in [5, 5.41) is 15.4. The van der Waals surface area contributed by atoms with Crippen molar-refractivity contribution in [2.75, 3.05) is 13.1 Å². The lowest BCUT2D eigenvalue weighted by Gasteiger charge is -2.11. The number of amides is 1. The smallest absolute Gasteiger partial charge is 0.237 e. The Balaban J connectivity index is 0.00000208. The number of halogens is 1. The summed E-state index contributed by atoms with van der Waals surface area (Å²) in [6.45, 7) is 3.12. The molecule has 3 N–H and O–H groups in total. The normalized spacial score (nSPS) is 19.8. The number of hydrogen-bond acceptors (Lipinski definition) is 5. The monoisotopic (exact) mass is 367 g/mol. The number of nitrogens with zero attached hydrogens (tertiary/aromatic N) is 1. The molecule has 5 nitrogen and oxygen atoms in total. The third-order valence-corrected chi connectivity index (χ3v) is 5.08. The number of carbonyl (C=O) groups is 1. The number of carbonyl (C=O) groups excluding carboxylic acids is 1. The zero-order valence-corrected chi connectivity index (χ0v) is 15.1. The van der Waals surface area contributed by atoms with Gasteiger partial charge in [0.2, 0.25) is 5.91 Å². The van der Waals surface area contributed by atoms with Crippen LogP contribution < -0.4 is 10.6 Å². The quantitative estimate of drug-likeness (QED) is 0.754. The first-order valence-corrected chi connectivity index (χ1v) is 8.70. The summed E-state index contributed by atoms with van der Waals surface area (Å²) in [7, 11) is 0. The van der Waals surface area contributed by atoms with Gasteiger partial charge in [0.15, 0.2) is 0 Å². The van der Waals surface area contributed by atoms with Gasteiger partial charge in [-0.2, -0.15) is 0 Å². The maximum Gasteiger partial charge on any atom is 0.237 e. The summed E-state index contributed by atoms with van der Waals surface area (Å²) in [6, 6.07) is 8.14. The number of nitrogens with one attached hydrogen (secondary N) is 2. The van der Waals surface area contributed by atoms with E-state index in [-0.39, 0.29) is 24.4 Å². The van der Waals surface area contributed by atoms with Gasteiger partial charge < -0.3 is 15.7 Å². The minimum Gasteiger partial charge on any atom is -0.392 e. The number of aromatic nitrogens is 1. The molecule has 1 aliphatic rings. The molecule has 130 valence electrons. The summed E-state index contributed by atoms with van der Waals surface area (Å²) in [4.78, 5) is 17.4. The molecule has 0 spiro atoms. The van der Waals surface area contributed by atoms with Gasteiger partial charge in [0.25, 0.3) is 0 Å². The van der Waals surface area contributed by atoms with E-state index in [0.717, 1.165) is 12.1 Å². The molecule has 1 aliphatic heterocycles. The lowest BCUT2D eigenvalue weighted by Crippen LogP contribution is -2.41. The minimum absolute atomic E-state index is 0. The van der Waals surface area contributed by atoms with Gasteiger partial charge in [-0.15, -0.1) is 23.7 Å². The van der Waals surface area contributed by atoms with Gasteiger partial charge in [0.05, 0.1) is 28.2 Å². The molecule has 0 radical (unpaired) electrons. The van der Waals surface area contributed by atoms with Crippen LogP contribution in [0.2, 0.25) is 0 Å². The largest absolute Gasteiger partial charge is 0.392 e. The summed E-state index contributed by atoms with van der Waals surface area (Å²) >= 11 is 1.65. The van der Waals surface area contributed by atoms with E-state index in [4.69, 9.17) is 0 Å². The number of hydrogen-bond donors (Lipinski definition) is 3. The SMILES string of the molecule is Cc1ncsc1-c1ccc(CCNC(=O)[C@@H]2C[C@@H](O)CN2)cc1.Cl. The van der Waals surface area contributed by atoms with Gasteiger partial charge in [-0.1, -0.05) is 24.3 Å². The number of rotatable bonds is 5. The highest BCUT2D eigenvalue weighted by Gasteiger charge is 2.27. The van der Waals surface area contributed by atoms with Crippen LogP contribution in [0, 0.1) is 6.92 Å². The summed E-state index contributed by atoms with van der Waals surface area (Å²) in [5.41, 5.74) is 5.29. The van der Waals surface area contributed by atoms with Gasteiger partial charge in [-0.05, 0) is 30.9 Å². The first-order valence-electron chi connectivity index (χ1n) is 7.82. The first-order chi connectivity index (χ1) is 11.1. The van der Waals surface area contributed by atoms with Crippen LogP contribution >= 0.6 is 23.7 Å². The van der Waals surface area contributed by atoms with Crippen LogP contribution in [0.3, 0.4) is 0 Å². The fourth-order valence-corrected chi connectivity index (χ4v) is 3.58. The van der Waals surface area contributed by atoms with Gasteiger partial charge in [-0.25, -0.2) is 4.98 Å². The predicted molar refractivity (Wildman–Crippen MR) is 98.7 cm³/mol. The van der Waals surface area contributed by atoms with Gasteiger partial charge >= 0.3 is 0 Å². The second kappa shape index (κ2) is 8.58. The molecule has 0 unspecified atom stereocenters. The van der Waals surface area contributed by atoms with Gasteiger partial charge in [0.1, 0.15) is 0 Å². The van der Waals surface area contributed by atoms with Crippen LogP contribution in [-0.4, -0.2) is 41.2 Å². The van der Waals surface area contributed by atoms with E-state index in [1.54, 1.807) is 11.3 Å². The second-order valence-electron chi connectivity index (χ2n) is 5.86. The van der Waals surface area contributed by atoms with Crippen molar-refractivity contribution < 1.29 is 9.90 Å². The van der Waals surface area contributed by atoms with E-state index in [2.05, 4.69) is 39.9 Å². The average Bonchev–Trinajstić information content (AvgIpc) is 3.16. The molecular formula is C17H22ClN3O2S.